The highest BCUT2D eigenvalue weighted by molar-refractivity contribution is 5.96. The van der Waals surface area contributed by atoms with Crippen LogP contribution in [0.3, 0.4) is 0 Å². The zero-order chi connectivity index (χ0) is 14.4. The Bertz CT molecular complexity index is 650. The largest absolute Gasteiger partial charge is 0.347 e. The summed E-state index contributed by atoms with van der Waals surface area (Å²) in [6.07, 6.45) is 3.25. The van der Waals surface area contributed by atoms with Crippen molar-refractivity contribution in [2.24, 2.45) is 5.73 Å². The predicted octanol–water partition coefficient (Wildman–Crippen LogP) is 0.958. The maximum atomic E-state index is 12.2. The van der Waals surface area contributed by atoms with E-state index in [1.165, 1.54) is 0 Å². The number of carbonyl (C=O) groups is 1. The average Bonchev–Trinajstić information content (AvgIpc) is 2.96. The Morgan fingerprint density at radius 3 is 3.05 bits per heavy atom. The smallest absolute Gasteiger partial charge is 0.252 e. The molecule has 0 radical (unpaired) electrons. The standard InChI is InChI=1S/C15H16N4O/c1-11-4-5-12(3-2-6-16)14(7-11)15(20)18-9-13-8-17-10-19-13/h4-5,7-8,10H,6,9,16H2,1H3,(H,17,19)(H,18,20). The van der Waals surface area contributed by atoms with Gasteiger partial charge in [-0.2, -0.15) is 0 Å². The van der Waals surface area contributed by atoms with E-state index in [1.807, 2.05) is 25.1 Å². The van der Waals surface area contributed by atoms with Crippen LogP contribution in [-0.2, 0) is 6.54 Å². The number of nitrogens with one attached hydrogen (secondary N) is 2. The average molecular weight is 268 g/mol. The third-order valence-electron chi connectivity index (χ3n) is 2.74. The van der Waals surface area contributed by atoms with Crippen molar-refractivity contribution in [3.63, 3.8) is 0 Å². The van der Waals surface area contributed by atoms with Gasteiger partial charge >= 0.3 is 0 Å². The maximum Gasteiger partial charge on any atom is 0.252 e. The van der Waals surface area contributed by atoms with Crippen LogP contribution < -0.4 is 11.1 Å². The van der Waals surface area contributed by atoms with Crippen molar-refractivity contribution in [3.05, 3.63) is 53.1 Å². The van der Waals surface area contributed by atoms with Gasteiger partial charge in [0.25, 0.3) is 5.91 Å². The van der Waals surface area contributed by atoms with Gasteiger partial charge in [0.2, 0.25) is 0 Å². The molecule has 1 amide bonds. The number of amides is 1. The van der Waals surface area contributed by atoms with Gasteiger partial charge in [0.1, 0.15) is 0 Å². The molecule has 0 unspecified atom stereocenters. The van der Waals surface area contributed by atoms with Gasteiger partial charge < -0.3 is 16.0 Å². The molecule has 2 rings (SSSR count). The fraction of sp³-hybridized carbons (Fsp3) is 0.200. The lowest BCUT2D eigenvalue weighted by atomic mass is 10.0. The number of nitrogens with two attached hydrogens (primary N) is 1. The van der Waals surface area contributed by atoms with Gasteiger partial charge in [-0.1, -0.05) is 23.5 Å². The van der Waals surface area contributed by atoms with Crippen LogP contribution in [0.4, 0.5) is 0 Å². The highest BCUT2D eigenvalue weighted by Gasteiger charge is 2.10. The SMILES string of the molecule is Cc1ccc(C#CCN)c(C(=O)NCc2cnc[nH]2)c1. The number of aromatic nitrogens is 2. The van der Waals surface area contributed by atoms with Crippen LogP contribution in [0.1, 0.15) is 27.2 Å². The molecule has 0 aliphatic heterocycles. The third-order valence-corrected chi connectivity index (χ3v) is 2.74. The summed E-state index contributed by atoms with van der Waals surface area (Å²) in [5.41, 5.74) is 8.47. The molecular formula is C15H16N4O. The Balaban J connectivity index is 2.17. The minimum absolute atomic E-state index is 0.162. The summed E-state index contributed by atoms with van der Waals surface area (Å²) >= 11 is 0. The van der Waals surface area contributed by atoms with E-state index in [4.69, 9.17) is 5.73 Å². The molecule has 0 saturated carbocycles. The number of H-pyrrole nitrogens is 1. The first-order valence-corrected chi connectivity index (χ1v) is 6.25. The van der Waals surface area contributed by atoms with Crippen molar-refractivity contribution in [1.82, 2.24) is 15.3 Å². The first kappa shape index (κ1) is 13.8. The summed E-state index contributed by atoms with van der Waals surface area (Å²) < 4.78 is 0. The highest BCUT2D eigenvalue weighted by Crippen LogP contribution is 2.11. The molecule has 0 bridgehead atoms. The van der Waals surface area contributed by atoms with Crippen molar-refractivity contribution in [2.75, 3.05) is 6.54 Å². The Morgan fingerprint density at radius 2 is 2.35 bits per heavy atom. The Labute approximate surface area is 117 Å². The van der Waals surface area contributed by atoms with Crippen LogP contribution in [0.25, 0.3) is 0 Å². The van der Waals surface area contributed by atoms with E-state index in [9.17, 15) is 4.79 Å². The zero-order valence-electron chi connectivity index (χ0n) is 11.2. The molecule has 0 saturated heterocycles. The molecule has 1 aromatic heterocycles. The van der Waals surface area contributed by atoms with Gasteiger partial charge in [-0.15, -0.1) is 0 Å². The second-order valence-electron chi connectivity index (χ2n) is 4.31. The van der Waals surface area contributed by atoms with Gasteiger partial charge in [-0.3, -0.25) is 4.79 Å². The first-order chi connectivity index (χ1) is 9.70. The normalized spacial score (nSPS) is 9.70. The van der Waals surface area contributed by atoms with Crippen molar-refractivity contribution >= 4 is 5.91 Å². The fourth-order valence-corrected chi connectivity index (χ4v) is 1.75. The van der Waals surface area contributed by atoms with E-state index >= 15 is 0 Å². The molecule has 20 heavy (non-hydrogen) atoms. The number of carbonyl (C=O) groups excluding carboxylic acids is 1. The number of hydrogen-bond acceptors (Lipinski definition) is 3. The third kappa shape index (κ3) is 3.46. The topological polar surface area (TPSA) is 83.8 Å². The van der Waals surface area contributed by atoms with Crippen molar-refractivity contribution < 1.29 is 4.79 Å². The van der Waals surface area contributed by atoms with E-state index < -0.39 is 0 Å². The number of imidazole rings is 1. The molecule has 1 aromatic carbocycles. The van der Waals surface area contributed by atoms with Gasteiger partial charge in [-0.05, 0) is 19.1 Å². The van der Waals surface area contributed by atoms with E-state index in [1.54, 1.807) is 12.5 Å². The molecule has 0 atom stereocenters. The Hall–Kier alpha value is -2.58. The summed E-state index contributed by atoms with van der Waals surface area (Å²) in [6.45, 7) is 2.60. The van der Waals surface area contributed by atoms with Crippen LogP contribution in [0, 0.1) is 18.8 Å². The first-order valence-electron chi connectivity index (χ1n) is 6.25. The molecule has 0 fully saturated rings. The van der Waals surface area contributed by atoms with Crippen LogP contribution in [-0.4, -0.2) is 22.4 Å². The Morgan fingerprint density at radius 1 is 1.50 bits per heavy atom. The molecular weight excluding hydrogens is 252 g/mol. The molecule has 5 heteroatoms. The molecule has 0 aliphatic rings. The zero-order valence-corrected chi connectivity index (χ0v) is 11.2. The highest BCUT2D eigenvalue weighted by atomic mass is 16.1. The van der Waals surface area contributed by atoms with E-state index in [0.717, 1.165) is 11.3 Å². The van der Waals surface area contributed by atoms with E-state index in [-0.39, 0.29) is 12.5 Å². The molecule has 0 aliphatic carbocycles. The second-order valence-corrected chi connectivity index (χ2v) is 4.31. The number of nitrogens with zero attached hydrogens (tertiary/aromatic N) is 1. The lowest BCUT2D eigenvalue weighted by Gasteiger charge is -2.07. The van der Waals surface area contributed by atoms with E-state index in [2.05, 4.69) is 27.1 Å². The van der Waals surface area contributed by atoms with Crippen LogP contribution in [0.5, 0.6) is 0 Å². The molecule has 102 valence electrons. The lowest BCUT2D eigenvalue weighted by Crippen LogP contribution is -2.24. The molecule has 5 nitrogen and oxygen atoms in total. The lowest BCUT2D eigenvalue weighted by molar-refractivity contribution is 0.0950. The summed E-state index contributed by atoms with van der Waals surface area (Å²) in [6, 6.07) is 5.58. The predicted molar refractivity (Wildman–Crippen MR) is 76.9 cm³/mol. The number of benzene rings is 1. The summed E-state index contributed by atoms with van der Waals surface area (Å²) in [5.74, 6) is 5.53. The summed E-state index contributed by atoms with van der Waals surface area (Å²) in [7, 11) is 0. The van der Waals surface area contributed by atoms with Crippen molar-refractivity contribution in [3.8, 4) is 11.8 Å². The Kier molecular flexibility index (Phi) is 4.53. The number of aromatic amines is 1. The number of hydrogen-bond donors (Lipinski definition) is 3. The maximum absolute atomic E-state index is 12.2. The quantitative estimate of drug-likeness (QED) is 0.725. The van der Waals surface area contributed by atoms with Crippen molar-refractivity contribution in [1.29, 1.82) is 0 Å². The van der Waals surface area contributed by atoms with Crippen LogP contribution in [0.15, 0.2) is 30.7 Å². The summed E-state index contributed by atoms with van der Waals surface area (Å²) in [4.78, 5) is 19.1. The summed E-state index contributed by atoms with van der Waals surface area (Å²) in [5, 5.41) is 2.84. The molecule has 4 N–H and O–H groups in total. The minimum atomic E-state index is -0.162. The minimum Gasteiger partial charge on any atom is -0.347 e. The second kappa shape index (κ2) is 6.55. The number of aryl methyl sites for hydroxylation is 1. The van der Waals surface area contributed by atoms with Crippen LogP contribution in [0.2, 0.25) is 0 Å². The molecule has 2 aromatic rings. The van der Waals surface area contributed by atoms with Gasteiger partial charge in [0, 0.05) is 11.8 Å². The van der Waals surface area contributed by atoms with Gasteiger partial charge in [0.15, 0.2) is 0 Å². The molecule has 0 spiro atoms. The number of rotatable bonds is 3. The van der Waals surface area contributed by atoms with Gasteiger partial charge in [0.05, 0.1) is 30.7 Å². The molecule has 1 heterocycles. The van der Waals surface area contributed by atoms with Crippen molar-refractivity contribution in [2.45, 2.75) is 13.5 Å². The van der Waals surface area contributed by atoms with Gasteiger partial charge in [-0.25, -0.2) is 4.98 Å². The monoisotopic (exact) mass is 268 g/mol. The fourth-order valence-electron chi connectivity index (χ4n) is 1.75. The van der Waals surface area contributed by atoms with E-state index in [0.29, 0.717) is 17.7 Å². The van der Waals surface area contributed by atoms with Crippen LogP contribution >= 0.6 is 0 Å².